The highest BCUT2D eigenvalue weighted by atomic mass is 35.5. The molecule has 34 heavy (non-hydrogen) atoms. The molecule has 7 nitrogen and oxygen atoms in total. The van der Waals surface area contributed by atoms with E-state index in [1.165, 1.54) is 23.9 Å². The highest BCUT2D eigenvalue weighted by Crippen LogP contribution is 2.29. The Bertz CT molecular complexity index is 1230. The maximum Gasteiger partial charge on any atom is 0.196 e. The standard InChI is InChI=1S/C24H24FN7S.ClH/c1-31-10-12-32(13-11-31)23-16-21(27-24(28-23)33-19-8-3-2-4-9-19)26-22-15-20(29-30-22)17-6-5-7-18(25)14-17;/h2-9,14-16H,10-13H2,1H3,(H2,26,27,28,29,30);1H. The van der Waals surface area contributed by atoms with E-state index in [9.17, 15) is 4.39 Å². The molecule has 1 aliphatic rings. The maximum atomic E-state index is 13.6. The Labute approximate surface area is 208 Å². The summed E-state index contributed by atoms with van der Waals surface area (Å²) >= 11 is 1.53. The van der Waals surface area contributed by atoms with Crippen molar-refractivity contribution >= 4 is 41.6 Å². The number of benzene rings is 2. The summed E-state index contributed by atoms with van der Waals surface area (Å²) in [6.45, 7) is 3.80. The van der Waals surface area contributed by atoms with E-state index >= 15 is 0 Å². The van der Waals surface area contributed by atoms with E-state index in [0.29, 0.717) is 16.8 Å². The molecule has 2 aromatic carbocycles. The Balaban J connectivity index is 0.00000274. The smallest absolute Gasteiger partial charge is 0.196 e. The second kappa shape index (κ2) is 10.9. The van der Waals surface area contributed by atoms with Crippen LogP contribution in [-0.4, -0.2) is 58.3 Å². The predicted octanol–water partition coefficient (Wildman–Crippen LogP) is 5.07. The van der Waals surface area contributed by atoms with Crippen molar-refractivity contribution in [2.75, 3.05) is 43.4 Å². The molecule has 1 fully saturated rings. The van der Waals surface area contributed by atoms with Crippen LogP contribution in [0.25, 0.3) is 11.3 Å². The van der Waals surface area contributed by atoms with Crippen molar-refractivity contribution in [3.05, 3.63) is 72.5 Å². The second-order valence-corrected chi connectivity index (χ2v) is 8.94. The molecule has 1 saturated heterocycles. The lowest BCUT2D eigenvalue weighted by Crippen LogP contribution is -2.44. The zero-order valence-corrected chi connectivity index (χ0v) is 20.2. The molecule has 0 atom stereocenters. The van der Waals surface area contributed by atoms with Crippen molar-refractivity contribution in [3.8, 4) is 11.3 Å². The minimum Gasteiger partial charge on any atom is -0.354 e. The number of nitrogens with zero attached hydrogens (tertiary/aromatic N) is 5. The summed E-state index contributed by atoms with van der Waals surface area (Å²) < 4.78 is 13.6. The molecular weight excluding hydrogens is 473 g/mol. The van der Waals surface area contributed by atoms with Gasteiger partial charge in [-0.1, -0.05) is 30.3 Å². The van der Waals surface area contributed by atoms with Crippen LogP contribution in [0.5, 0.6) is 0 Å². The fourth-order valence-electron chi connectivity index (χ4n) is 3.63. The van der Waals surface area contributed by atoms with Crippen molar-refractivity contribution in [2.45, 2.75) is 10.1 Å². The molecule has 0 bridgehead atoms. The first kappa shape index (κ1) is 24.0. The Morgan fingerprint density at radius 2 is 1.71 bits per heavy atom. The van der Waals surface area contributed by atoms with Crippen LogP contribution in [0.3, 0.4) is 0 Å². The first-order valence-corrected chi connectivity index (χ1v) is 11.6. The van der Waals surface area contributed by atoms with Gasteiger partial charge in [-0.3, -0.25) is 5.10 Å². The van der Waals surface area contributed by atoms with E-state index in [-0.39, 0.29) is 18.2 Å². The van der Waals surface area contributed by atoms with Gasteiger partial charge in [-0.15, -0.1) is 12.4 Å². The van der Waals surface area contributed by atoms with Gasteiger partial charge in [-0.25, -0.2) is 14.4 Å². The molecule has 0 aliphatic carbocycles. The van der Waals surface area contributed by atoms with Gasteiger partial charge in [0.2, 0.25) is 0 Å². The molecule has 0 spiro atoms. The van der Waals surface area contributed by atoms with Crippen LogP contribution >= 0.6 is 24.2 Å². The van der Waals surface area contributed by atoms with Gasteiger partial charge < -0.3 is 15.1 Å². The number of likely N-dealkylation sites (N-methyl/N-ethyl adjacent to an activating group) is 1. The Kier molecular flexibility index (Phi) is 7.66. The first-order valence-electron chi connectivity index (χ1n) is 10.8. The summed E-state index contributed by atoms with van der Waals surface area (Å²) in [7, 11) is 2.13. The number of halogens is 2. The molecule has 3 heterocycles. The van der Waals surface area contributed by atoms with Gasteiger partial charge >= 0.3 is 0 Å². The largest absolute Gasteiger partial charge is 0.354 e. The number of aromatic nitrogens is 4. The zero-order valence-electron chi connectivity index (χ0n) is 18.6. The van der Waals surface area contributed by atoms with Gasteiger partial charge in [-0.05, 0) is 43.1 Å². The van der Waals surface area contributed by atoms with Crippen molar-refractivity contribution < 1.29 is 4.39 Å². The van der Waals surface area contributed by atoms with E-state index in [4.69, 9.17) is 9.97 Å². The van der Waals surface area contributed by atoms with Gasteiger partial charge in [0, 0.05) is 48.8 Å². The third kappa shape index (κ3) is 5.85. The third-order valence-corrected chi connectivity index (χ3v) is 6.31. The second-order valence-electron chi connectivity index (χ2n) is 7.90. The quantitative estimate of drug-likeness (QED) is 0.360. The van der Waals surface area contributed by atoms with Crippen LogP contribution in [0.1, 0.15) is 0 Å². The number of H-pyrrole nitrogens is 1. The Morgan fingerprint density at radius 1 is 0.912 bits per heavy atom. The van der Waals surface area contributed by atoms with Crippen LogP contribution in [0, 0.1) is 5.82 Å². The van der Waals surface area contributed by atoms with E-state index in [2.05, 4.69) is 32.4 Å². The molecule has 10 heteroatoms. The van der Waals surface area contributed by atoms with Gasteiger partial charge in [0.25, 0.3) is 0 Å². The average molecular weight is 498 g/mol. The van der Waals surface area contributed by atoms with Crippen LogP contribution < -0.4 is 10.2 Å². The molecule has 176 valence electrons. The number of aromatic amines is 1. The molecule has 4 aromatic rings. The van der Waals surface area contributed by atoms with Crippen LogP contribution in [0.2, 0.25) is 0 Å². The van der Waals surface area contributed by atoms with Crippen LogP contribution in [0.4, 0.5) is 21.8 Å². The summed E-state index contributed by atoms with van der Waals surface area (Å²) in [5.41, 5.74) is 1.46. The molecular formula is C24H25ClFN7S. The van der Waals surface area contributed by atoms with Crippen LogP contribution in [0.15, 0.2) is 76.8 Å². The molecule has 2 aromatic heterocycles. The van der Waals surface area contributed by atoms with Crippen molar-refractivity contribution in [1.29, 1.82) is 0 Å². The van der Waals surface area contributed by atoms with Gasteiger partial charge in [0.1, 0.15) is 17.5 Å². The average Bonchev–Trinajstić information content (AvgIpc) is 3.28. The fraction of sp³-hybridized carbons (Fsp3) is 0.208. The molecule has 0 radical (unpaired) electrons. The summed E-state index contributed by atoms with van der Waals surface area (Å²) in [5, 5.41) is 11.3. The van der Waals surface area contributed by atoms with E-state index in [1.54, 1.807) is 6.07 Å². The van der Waals surface area contributed by atoms with Crippen LogP contribution in [-0.2, 0) is 0 Å². The summed E-state index contributed by atoms with van der Waals surface area (Å²) in [6, 6.07) is 20.3. The lowest BCUT2D eigenvalue weighted by Gasteiger charge is -2.33. The van der Waals surface area contributed by atoms with Crippen molar-refractivity contribution in [3.63, 3.8) is 0 Å². The minimum atomic E-state index is -0.285. The zero-order chi connectivity index (χ0) is 22.6. The molecule has 0 saturated carbocycles. The molecule has 1 aliphatic heterocycles. The highest BCUT2D eigenvalue weighted by Gasteiger charge is 2.18. The van der Waals surface area contributed by atoms with Gasteiger partial charge in [-0.2, -0.15) is 5.10 Å². The minimum absolute atomic E-state index is 0. The monoisotopic (exact) mass is 497 g/mol. The number of rotatable bonds is 6. The molecule has 0 unspecified atom stereocenters. The number of piperazine rings is 1. The summed E-state index contributed by atoms with van der Waals surface area (Å²) in [6.07, 6.45) is 0. The van der Waals surface area contributed by atoms with E-state index < -0.39 is 0 Å². The van der Waals surface area contributed by atoms with E-state index in [0.717, 1.165) is 48.1 Å². The van der Waals surface area contributed by atoms with Gasteiger partial charge in [0.05, 0.1) is 5.69 Å². The highest BCUT2D eigenvalue weighted by molar-refractivity contribution is 7.99. The van der Waals surface area contributed by atoms with Crippen molar-refractivity contribution in [2.24, 2.45) is 0 Å². The number of anilines is 3. The fourth-order valence-corrected chi connectivity index (χ4v) is 4.42. The summed E-state index contributed by atoms with van der Waals surface area (Å²) in [5.74, 6) is 1.87. The SMILES string of the molecule is CN1CCN(c2cc(Nc3cc(-c4cccc(F)c4)[nH]n3)nc(Sc3ccccc3)n2)CC1.Cl. The third-order valence-electron chi connectivity index (χ3n) is 5.44. The number of hydrogen-bond donors (Lipinski definition) is 2. The number of hydrogen-bond acceptors (Lipinski definition) is 7. The Hall–Kier alpha value is -3.14. The van der Waals surface area contributed by atoms with E-state index in [1.807, 2.05) is 48.5 Å². The van der Waals surface area contributed by atoms with Gasteiger partial charge in [0.15, 0.2) is 11.0 Å². The molecule has 5 rings (SSSR count). The topological polar surface area (TPSA) is 73.0 Å². The Morgan fingerprint density at radius 3 is 2.47 bits per heavy atom. The first-order chi connectivity index (χ1) is 16.1. The lowest BCUT2D eigenvalue weighted by molar-refractivity contribution is 0.312. The molecule has 2 N–H and O–H groups in total. The normalized spacial score (nSPS) is 14.0. The summed E-state index contributed by atoms with van der Waals surface area (Å²) in [4.78, 5) is 15.2. The number of nitrogens with one attached hydrogen (secondary N) is 2. The lowest BCUT2D eigenvalue weighted by atomic mass is 10.1. The predicted molar refractivity (Wildman–Crippen MR) is 137 cm³/mol. The molecule has 0 amide bonds. The maximum absolute atomic E-state index is 13.6. The van der Waals surface area contributed by atoms with Crippen molar-refractivity contribution in [1.82, 2.24) is 25.1 Å².